The SMILES string of the molecule is CCOC(=O)/C=C(\C)OP(=O)(OC)OC. The molecule has 0 rings (SSSR count). The third-order valence-corrected chi connectivity index (χ3v) is 2.72. The minimum atomic E-state index is -3.59. The Balaban J connectivity index is 4.40. The number of carbonyl (C=O) groups is 1. The van der Waals surface area contributed by atoms with Crippen molar-refractivity contribution in [3.05, 3.63) is 11.8 Å². The standard InChI is InChI=1S/C8H15O6P/c1-5-13-8(9)6-7(2)14-15(10,11-3)12-4/h6H,5H2,1-4H3/b7-6+. The lowest BCUT2D eigenvalue weighted by atomic mass is 10.5. The van der Waals surface area contributed by atoms with Gasteiger partial charge in [-0.2, -0.15) is 0 Å². The second-order valence-corrected chi connectivity index (χ2v) is 4.22. The van der Waals surface area contributed by atoms with Gasteiger partial charge >= 0.3 is 13.8 Å². The highest BCUT2D eigenvalue weighted by Crippen LogP contribution is 2.49. The lowest BCUT2D eigenvalue weighted by molar-refractivity contribution is -0.137. The van der Waals surface area contributed by atoms with Gasteiger partial charge in [-0.3, -0.25) is 9.05 Å². The van der Waals surface area contributed by atoms with E-state index in [-0.39, 0.29) is 12.4 Å². The molecule has 0 spiro atoms. The Morgan fingerprint density at radius 1 is 1.33 bits per heavy atom. The molecule has 0 heterocycles. The highest BCUT2D eigenvalue weighted by Gasteiger charge is 2.24. The molecular formula is C8H15O6P. The molecule has 0 aromatic rings. The fraction of sp³-hybridized carbons (Fsp3) is 0.625. The van der Waals surface area contributed by atoms with Crippen LogP contribution in [0.15, 0.2) is 11.8 Å². The number of hydrogen-bond donors (Lipinski definition) is 0. The topological polar surface area (TPSA) is 71.1 Å². The van der Waals surface area contributed by atoms with Gasteiger partial charge in [-0.25, -0.2) is 9.36 Å². The second-order valence-electron chi connectivity index (χ2n) is 2.41. The fourth-order valence-electron chi connectivity index (χ4n) is 0.702. The lowest BCUT2D eigenvalue weighted by Gasteiger charge is -2.13. The van der Waals surface area contributed by atoms with Crippen molar-refractivity contribution in [2.24, 2.45) is 0 Å². The Labute approximate surface area is 88.8 Å². The average Bonchev–Trinajstić information content (AvgIpc) is 2.17. The maximum absolute atomic E-state index is 11.4. The molecule has 0 N–H and O–H groups in total. The van der Waals surface area contributed by atoms with E-state index < -0.39 is 13.8 Å². The van der Waals surface area contributed by atoms with E-state index in [9.17, 15) is 9.36 Å². The fourth-order valence-corrected chi connectivity index (χ4v) is 1.41. The zero-order valence-corrected chi connectivity index (χ0v) is 10.1. The summed E-state index contributed by atoms with van der Waals surface area (Å²) in [5, 5.41) is 0. The minimum Gasteiger partial charge on any atom is -0.463 e. The molecule has 0 aliphatic carbocycles. The van der Waals surface area contributed by atoms with Crippen molar-refractivity contribution in [3.63, 3.8) is 0 Å². The summed E-state index contributed by atoms with van der Waals surface area (Å²) in [5.74, 6) is -0.478. The molecule has 0 saturated carbocycles. The van der Waals surface area contributed by atoms with E-state index >= 15 is 0 Å². The van der Waals surface area contributed by atoms with Crippen LogP contribution < -0.4 is 0 Å². The Hall–Kier alpha value is -0.840. The number of ether oxygens (including phenoxy) is 1. The first-order valence-corrected chi connectivity index (χ1v) is 5.69. The van der Waals surface area contributed by atoms with Crippen LogP contribution in [0.2, 0.25) is 0 Å². The predicted molar refractivity (Wildman–Crippen MR) is 53.1 cm³/mol. The molecule has 0 atom stereocenters. The quantitative estimate of drug-likeness (QED) is 0.304. The van der Waals surface area contributed by atoms with E-state index in [4.69, 9.17) is 4.52 Å². The maximum Gasteiger partial charge on any atom is 0.529 e. The van der Waals surface area contributed by atoms with Crippen molar-refractivity contribution in [1.82, 2.24) is 0 Å². The largest absolute Gasteiger partial charge is 0.529 e. The van der Waals surface area contributed by atoms with Gasteiger partial charge in [0.1, 0.15) is 5.76 Å². The number of phosphoric ester groups is 1. The van der Waals surface area contributed by atoms with Crippen LogP contribution in [0.3, 0.4) is 0 Å². The Kier molecular flexibility index (Phi) is 6.24. The summed E-state index contributed by atoms with van der Waals surface area (Å²) in [5.41, 5.74) is 0. The van der Waals surface area contributed by atoms with Crippen molar-refractivity contribution in [3.8, 4) is 0 Å². The van der Waals surface area contributed by atoms with E-state index in [0.29, 0.717) is 0 Å². The van der Waals surface area contributed by atoms with Gasteiger partial charge in [0, 0.05) is 14.2 Å². The Morgan fingerprint density at radius 2 is 1.87 bits per heavy atom. The van der Waals surface area contributed by atoms with Crippen LogP contribution in [0.25, 0.3) is 0 Å². The van der Waals surface area contributed by atoms with Crippen LogP contribution in [0.5, 0.6) is 0 Å². The minimum absolute atomic E-state index is 0.0977. The van der Waals surface area contributed by atoms with Crippen molar-refractivity contribution < 1.29 is 27.7 Å². The summed E-state index contributed by atoms with van der Waals surface area (Å²) in [6, 6.07) is 0. The monoisotopic (exact) mass is 238 g/mol. The number of phosphoric acid groups is 1. The summed E-state index contributed by atoms with van der Waals surface area (Å²) in [4.78, 5) is 11.0. The Morgan fingerprint density at radius 3 is 2.27 bits per heavy atom. The van der Waals surface area contributed by atoms with Gasteiger partial charge in [-0.1, -0.05) is 0 Å². The first kappa shape index (κ1) is 14.2. The van der Waals surface area contributed by atoms with Gasteiger partial charge in [0.05, 0.1) is 12.7 Å². The van der Waals surface area contributed by atoms with Crippen molar-refractivity contribution in [1.29, 1.82) is 0 Å². The molecule has 6 nitrogen and oxygen atoms in total. The van der Waals surface area contributed by atoms with E-state index in [1.807, 2.05) is 0 Å². The molecule has 0 aromatic heterocycles. The Bertz CT molecular complexity index is 277. The molecule has 15 heavy (non-hydrogen) atoms. The number of esters is 1. The highest BCUT2D eigenvalue weighted by molar-refractivity contribution is 7.48. The number of rotatable bonds is 6. The molecule has 0 saturated heterocycles. The molecule has 0 fully saturated rings. The van der Waals surface area contributed by atoms with E-state index in [0.717, 1.165) is 6.08 Å². The molecule has 7 heteroatoms. The van der Waals surface area contributed by atoms with Crippen molar-refractivity contribution in [2.75, 3.05) is 20.8 Å². The normalized spacial score (nSPS) is 12.4. The molecule has 0 bridgehead atoms. The van der Waals surface area contributed by atoms with Crippen LogP contribution in [0, 0.1) is 0 Å². The van der Waals surface area contributed by atoms with E-state index in [2.05, 4.69) is 13.8 Å². The van der Waals surface area contributed by atoms with Gasteiger partial charge in [0.2, 0.25) is 0 Å². The summed E-state index contributed by atoms with van der Waals surface area (Å²) in [6.45, 7) is 3.38. The number of hydrogen-bond acceptors (Lipinski definition) is 6. The van der Waals surface area contributed by atoms with Gasteiger partial charge < -0.3 is 9.26 Å². The molecule has 0 aliphatic heterocycles. The molecular weight excluding hydrogens is 223 g/mol. The second kappa shape index (κ2) is 6.61. The number of allylic oxidation sites excluding steroid dienone is 1. The van der Waals surface area contributed by atoms with Gasteiger partial charge in [0.25, 0.3) is 0 Å². The molecule has 0 radical (unpaired) electrons. The smallest absolute Gasteiger partial charge is 0.463 e. The first-order chi connectivity index (χ1) is 6.97. The molecule has 0 aromatic carbocycles. The van der Waals surface area contributed by atoms with Crippen LogP contribution in [0.4, 0.5) is 0 Å². The van der Waals surface area contributed by atoms with E-state index in [1.165, 1.54) is 21.1 Å². The van der Waals surface area contributed by atoms with Crippen LogP contribution >= 0.6 is 7.82 Å². The molecule has 0 aliphatic rings. The third kappa shape index (κ3) is 5.57. The van der Waals surface area contributed by atoms with Crippen LogP contribution in [-0.4, -0.2) is 26.8 Å². The lowest BCUT2D eigenvalue weighted by Crippen LogP contribution is -2.02. The van der Waals surface area contributed by atoms with Crippen LogP contribution in [0.1, 0.15) is 13.8 Å². The van der Waals surface area contributed by atoms with Crippen molar-refractivity contribution in [2.45, 2.75) is 13.8 Å². The van der Waals surface area contributed by atoms with Crippen LogP contribution in [-0.2, 0) is 27.7 Å². The average molecular weight is 238 g/mol. The van der Waals surface area contributed by atoms with E-state index in [1.54, 1.807) is 6.92 Å². The zero-order valence-electron chi connectivity index (χ0n) is 9.18. The maximum atomic E-state index is 11.4. The number of carbonyl (C=O) groups excluding carboxylic acids is 1. The zero-order chi connectivity index (χ0) is 11.9. The van der Waals surface area contributed by atoms with Gasteiger partial charge in [-0.05, 0) is 13.8 Å². The molecule has 88 valence electrons. The third-order valence-electron chi connectivity index (χ3n) is 1.31. The highest BCUT2D eigenvalue weighted by atomic mass is 31.2. The van der Waals surface area contributed by atoms with Gasteiger partial charge in [0.15, 0.2) is 0 Å². The summed E-state index contributed by atoms with van der Waals surface area (Å²) in [6.07, 6.45) is 1.06. The summed E-state index contributed by atoms with van der Waals surface area (Å²) >= 11 is 0. The summed E-state index contributed by atoms with van der Waals surface area (Å²) in [7, 11) is -1.22. The summed E-state index contributed by atoms with van der Waals surface area (Å²) < 4.78 is 29.9. The molecule has 0 unspecified atom stereocenters. The van der Waals surface area contributed by atoms with Gasteiger partial charge in [-0.15, -0.1) is 0 Å². The first-order valence-electron chi connectivity index (χ1n) is 4.23. The van der Waals surface area contributed by atoms with Crippen molar-refractivity contribution >= 4 is 13.8 Å². The molecule has 0 amide bonds. The predicted octanol–water partition coefficient (Wildman–Crippen LogP) is 1.87.